The van der Waals surface area contributed by atoms with Gasteiger partial charge in [-0.1, -0.05) is 18.2 Å². The lowest BCUT2D eigenvalue weighted by Crippen LogP contribution is -2.48. The van der Waals surface area contributed by atoms with Crippen LogP contribution in [0.25, 0.3) is 4.91 Å². The molecule has 30 heavy (non-hydrogen) atoms. The van der Waals surface area contributed by atoms with E-state index in [-0.39, 0.29) is 18.1 Å². The molecule has 8 heteroatoms. The van der Waals surface area contributed by atoms with Crippen LogP contribution in [-0.4, -0.2) is 56.9 Å². The van der Waals surface area contributed by atoms with Gasteiger partial charge in [-0.3, -0.25) is 4.79 Å². The Kier molecular flexibility index (Phi) is 5.72. The Hall–Kier alpha value is -2.19. The van der Waals surface area contributed by atoms with Crippen LogP contribution in [0.15, 0.2) is 28.2 Å². The SMILES string of the molecule is CC1=C(c2ccc(C)c(C)c2)S(=O)(=O)N=C1N1CCC(NC(=O)[C@@H]2CCCO2)CC1. The maximum atomic E-state index is 12.8. The zero-order valence-corrected chi connectivity index (χ0v) is 18.6. The zero-order chi connectivity index (χ0) is 21.5. The second kappa shape index (κ2) is 8.15. The molecule has 0 unspecified atom stereocenters. The van der Waals surface area contributed by atoms with Gasteiger partial charge in [-0.25, -0.2) is 0 Å². The van der Waals surface area contributed by atoms with E-state index in [0.717, 1.165) is 36.8 Å². The van der Waals surface area contributed by atoms with Crippen LogP contribution < -0.4 is 5.32 Å². The Bertz CT molecular complexity index is 1010. The van der Waals surface area contributed by atoms with Gasteiger partial charge in [-0.15, -0.1) is 4.40 Å². The number of piperidine rings is 1. The van der Waals surface area contributed by atoms with E-state index >= 15 is 0 Å². The summed E-state index contributed by atoms with van der Waals surface area (Å²) in [5.41, 5.74) is 3.56. The summed E-state index contributed by atoms with van der Waals surface area (Å²) in [6.45, 7) is 7.78. The summed E-state index contributed by atoms with van der Waals surface area (Å²) in [7, 11) is -3.72. The number of nitrogens with one attached hydrogen (secondary N) is 1. The fraction of sp³-hybridized carbons (Fsp3) is 0.545. The zero-order valence-electron chi connectivity index (χ0n) is 17.8. The van der Waals surface area contributed by atoms with Crippen molar-refractivity contribution in [1.82, 2.24) is 10.2 Å². The predicted octanol–water partition coefficient (Wildman–Crippen LogP) is 2.54. The summed E-state index contributed by atoms with van der Waals surface area (Å²) in [5, 5.41) is 3.08. The standard InChI is InChI=1S/C22H29N3O4S/c1-14-6-7-17(13-15(14)2)20-16(3)21(24-30(20,27)28)25-10-8-18(9-11-25)23-22(26)19-5-4-12-29-19/h6-7,13,18-19H,4-5,8-12H2,1-3H3,(H,23,26)/t19-/m0/s1. The molecule has 2 fully saturated rings. The first-order valence-corrected chi connectivity index (χ1v) is 12.0. The van der Waals surface area contributed by atoms with Gasteiger partial charge in [0.25, 0.3) is 10.0 Å². The van der Waals surface area contributed by atoms with Crippen LogP contribution in [0.3, 0.4) is 0 Å². The number of likely N-dealkylation sites (tertiary alicyclic amines) is 1. The molecule has 3 aliphatic heterocycles. The summed E-state index contributed by atoms with van der Waals surface area (Å²) in [4.78, 5) is 14.6. The molecule has 0 bridgehead atoms. The van der Waals surface area contributed by atoms with Gasteiger partial charge < -0.3 is 15.0 Å². The first-order valence-electron chi connectivity index (χ1n) is 10.6. The number of rotatable bonds is 3. The lowest BCUT2D eigenvalue weighted by molar-refractivity contribution is -0.131. The summed E-state index contributed by atoms with van der Waals surface area (Å²) in [6.07, 6.45) is 2.90. The molecule has 1 aromatic carbocycles. The van der Waals surface area contributed by atoms with Gasteiger partial charge in [0.15, 0.2) is 0 Å². The lowest BCUT2D eigenvalue weighted by Gasteiger charge is -2.34. The van der Waals surface area contributed by atoms with Gasteiger partial charge in [0, 0.05) is 31.3 Å². The van der Waals surface area contributed by atoms with Crippen molar-refractivity contribution in [2.75, 3.05) is 19.7 Å². The molecule has 4 rings (SSSR count). The minimum absolute atomic E-state index is 0.0279. The third kappa shape index (κ3) is 4.03. The molecule has 1 amide bonds. The number of hydrogen-bond donors (Lipinski definition) is 1. The van der Waals surface area contributed by atoms with Crippen molar-refractivity contribution in [3.63, 3.8) is 0 Å². The number of aryl methyl sites for hydroxylation is 2. The quantitative estimate of drug-likeness (QED) is 0.795. The molecule has 2 saturated heterocycles. The average Bonchev–Trinajstić information content (AvgIpc) is 3.31. The van der Waals surface area contributed by atoms with Crippen LogP contribution in [0.5, 0.6) is 0 Å². The Morgan fingerprint density at radius 2 is 1.87 bits per heavy atom. The van der Waals surface area contributed by atoms with E-state index in [2.05, 4.69) is 9.71 Å². The topological polar surface area (TPSA) is 88.1 Å². The molecule has 3 heterocycles. The Morgan fingerprint density at radius 3 is 2.50 bits per heavy atom. The second-order valence-electron chi connectivity index (χ2n) is 8.41. The molecular formula is C22H29N3O4S. The van der Waals surface area contributed by atoms with E-state index in [1.165, 1.54) is 0 Å². The Morgan fingerprint density at radius 1 is 1.13 bits per heavy atom. The number of hydrogen-bond acceptors (Lipinski definition) is 5. The van der Waals surface area contributed by atoms with Gasteiger partial charge in [0.2, 0.25) is 5.91 Å². The molecule has 0 aliphatic carbocycles. The highest BCUT2D eigenvalue weighted by atomic mass is 32.2. The molecular weight excluding hydrogens is 402 g/mol. The van der Waals surface area contributed by atoms with Gasteiger partial charge in [-0.05, 0) is 63.1 Å². The van der Waals surface area contributed by atoms with E-state index in [9.17, 15) is 13.2 Å². The molecule has 0 radical (unpaired) electrons. The van der Waals surface area contributed by atoms with Gasteiger partial charge in [0.05, 0.1) is 0 Å². The van der Waals surface area contributed by atoms with Crippen molar-refractivity contribution in [3.8, 4) is 0 Å². The Balaban J connectivity index is 1.46. The van der Waals surface area contributed by atoms with Gasteiger partial charge in [0.1, 0.15) is 16.8 Å². The summed E-state index contributed by atoms with van der Waals surface area (Å²) < 4.78 is 35.2. The maximum Gasteiger partial charge on any atom is 0.285 e. The molecule has 1 N–H and O–H groups in total. The number of carbonyl (C=O) groups excluding carboxylic acids is 1. The molecule has 1 aromatic rings. The highest BCUT2D eigenvalue weighted by molar-refractivity contribution is 8.00. The molecule has 0 spiro atoms. The van der Waals surface area contributed by atoms with Gasteiger partial charge in [-0.2, -0.15) is 8.42 Å². The van der Waals surface area contributed by atoms with Crippen LogP contribution in [0, 0.1) is 13.8 Å². The lowest BCUT2D eigenvalue weighted by atomic mass is 10.0. The fourth-order valence-electron chi connectivity index (χ4n) is 4.38. The molecule has 0 aromatic heterocycles. The van der Waals surface area contributed by atoms with Crippen molar-refractivity contribution in [3.05, 3.63) is 40.5 Å². The monoisotopic (exact) mass is 431 g/mol. The summed E-state index contributed by atoms with van der Waals surface area (Å²) >= 11 is 0. The number of sulfonamides is 1. The number of benzene rings is 1. The van der Waals surface area contributed by atoms with E-state index in [4.69, 9.17) is 4.74 Å². The molecule has 3 aliphatic rings. The van der Waals surface area contributed by atoms with Crippen molar-refractivity contribution >= 4 is 26.7 Å². The number of ether oxygens (including phenoxy) is 1. The first-order chi connectivity index (χ1) is 14.3. The third-order valence-corrected chi connectivity index (χ3v) is 7.74. The molecule has 7 nitrogen and oxygen atoms in total. The van der Waals surface area contributed by atoms with Crippen LogP contribution in [0.2, 0.25) is 0 Å². The fourth-order valence-corrected chi connectivity index (χ4v) is 5.85. The van der Waals surface area contributed by atoms with Crippen LogP contribution in [0.4, 0.5) is 0 Å². The number of amidine groups is 1. The number of amides is 1. The molecule has 1 atom stereocenters. The predicted molar refractivity (Wildman–Crippen MR) is 117 cm³/mol. The van der Waals surface area contributed by atoms with Crippen LogP contribution >= 0.6 is 0 Å². The third-order valence-electron chi connectivity index (χ3n) is 6.27. The second-order valence-corrected chi connectivity index (χ2v) is 9.96. The molecule has 0 saturated carbocycles. The maximum absolute atomic E-state index is 12.8. The number of nitrogens with zero attached hydrogens (tertiary/aromatic N) is 2. The summed E-state index contributed by atoms with van der Waals surface area (Å²) in [6, 6.07) is 5.79. The smallest absolute Gasteiger partial charge is 0.285 e. The van der Waals surface area contributed by atoms with E-state index < -0.39 is 10.0 Å². The Labute approximate surface area is 178 Å². The van der Waals surface area contributed by atoms with Crippen molar-refractivity contribution < 1.29 is 17.9 Å². The van der Waals surface area contributed by atoms with E-state index in [0.29, 0.717) is 41.6 Å². The van der Waals surface area contributed by atoms with Crippen molar-refractivity contribution in [1.29, 1.82) is 0 Å². The van der Waals surface area contributed by atoms with E-state index in [1.807, 2.05) is 43.9 Å². The number of carbonyl (C=O) groups is 1. The summed E-state index contributed by atoms with van der Waals surface area (Å²) in [5.74, 6) is 0.506. The first kappa shape index (κ1) is 21.1. The van der Waals surface area contributed by atoms with Crippen molar-refractivity contribution in [2.45, 2.75) is 58.6 Å². The van der Waals surface area contributed by atoms with Crippen LogP contribution in [-0.2, 0) is 19.6 Å². The van der Waals surface area contributed by atoms with Crippen LogP contribution in [0.1, 0.15) is 49.3 Å². The van der Waals surface area contributed by atoms with Gasteiger partial charge >= 0.3 is 0 Å². The minimum atomic E-state index is -3.72. The van der Waals surface area contributed by atoms with Crippen molar-refractivity contribution in [2.24, 2.45) is 4.40 Å². The molecule has 162 valence electrons. The average molecular weight is 432 g/mol. The van der Waals surface area contributed by atoms with E-state index in [1.54, 1.807) is 0 Å². The minimum Gasteiger partial charge on any atom is -0.368 e. The normalized spacial score (nSPS) is 24.3. The highest BCUT2D eigenvalue weighted by Crippen LogP contribution is 2.35. The largest absolute Gasteiger partial charge is 0.368 e. The highest BCUT2D eigenvalue weighted by Gasteiger charge is 2.35.